The molecule has 10 aromatic carbocycles. The number of hydrogen-bond donors (Lipinski definition) is 0. The van der Waals surface area contributed by atoms with Crippen molar-refractivity contribution in [2.75, 3.05) is 0 Å². The minimum absolute atomic E-state index is 0.938. The third-order valence-electron chi connectivity index (χ3n) is 12.2. The summed E-state index contributed by atoms with van der Waals surface area (Å²) in [7, 11) is -2.93. The first-order valence-electron chi connectivity index (χ1n) is 20.4. The van der Waals surface area contributed by atoms with Crippen LogP contribution < -0.4 is 20.7 Å². The zero-order valence-corrected chi connectivity index (χ0v) is 33.8. The Kier molecular flexibility index (Phi) is 8.42. The highest BCUT2D eigenvalue weighted by atomic mass is 28.3. The molecule has 0 atom stereocenters. The lowest BCUT2D eigenvalue weighted by Crippen LogP contribution is -2.75. The van der Waals surface area contributed by atoms with Gasteiger partial charge in [0.2, 0.25) is 0 Å². The van der Waals surface area contributed by atoms with Gasteiger partial charge in [-0.05, 0) is 89.5 Å². The number of rotatable bonds is 7. The van der Waals surface area contributed by atoms with Crippen LogP contribution in [0.3, 0.4) is 0 Å². The fourth-order valence-electron chi connectivity index (χ4n) is 9.74. The predicted octanol–water partition coefficient (Wildman–Crippen LogP) is 11.5. The normalized spacial score (nSPS) is 11.8. The van der Waals surface area contributed by atoms with E-state index in [9.17, 15) is 0 Å². The number of aromatic nitrogens is 2. The molecule has 1 aromatic heterocycles. The maximum atomic E-state index is 5.26. The van der Waals surface area contributed by atoms with Gasteiger partial charge in [0.05, 0.1) is 16.7 Å². The molecule has 1 heterocycles. The number of nitrogens with zero attached hydrogens (tertiary/aromatic N) is 2. The van der Waals surface area contributed by atoms with E-state index in [-0.39, 0.29) is 0 Å². The summed E-state index contributed by atoms with van der Waals surface area (Å²) in [6, 6.07) is 83.0. The molecule has 0 unspecified atom stereocenters. The van der Waals surface area contributed by atoms with Crippen molar-refractivity contribution in [3.05, 3.63) is 230 Å². The van der Waals surface area contributed by atoms with Crippen LogP contribution in [0.15, 0.2) is 224 Å². The Balaban J connectivity index is 1.25. The quantitative estimate of drug-likeness (QED) is 0.0897. The molecule has 0 saturated heterocycles. The molecule has 0 radical (unpaired) electrons. The van der Waals surface area contributed by atoms with Crippen molar-refractivity contribution in [1.82, 2.24) is 9.55 Å². The van der Waals surface area contributed by atoms with Gasteiger partial charge in [0.15, 0.2) is 8.07 Å². The lowest BCUT2D eigenvalue weighted by Gasteiger charge is -2.37. The van der Waals surface area contributed by atoms with Crippen LogP contribution >= 0.6 is 0 Å². The molecule has 0 fully saturated rings. The Morgan fingerprint density at radius 2 is 0.881 bits per heavy atom. The van der Waals surface area contributed by atoms with Gasteiger partial charge in [-0.3, -0.25) is 4.57 Å². The van der Waals surface area contributed by atoms with Gasteiger partial charge in [-0.1, -0.05) is 206 Å². The van der Waals surface area contributed by atoms with E-state index < -0.39 is 8.07 Å². The number of benzene rings is 10. The second-order valence-electron chi connectivity index (χ2n) is 15.5. The third-order valence-corrected chi connectivity index (χ3v) is 17.1. The van der Waals surface area contributed by atoms with Crippen LogP contribution in [0.25, 0.3) is 71.6 Å². The van der Waals surface area contributed by atoms with Gasteiger partial charge >= 0.3 is 0 Å². The molecule has 11 rings (SSSR count). The summed E-state index contributed by atoms with van der Waals surface area (Å²) in [4.78, 5) is 5.26. The Morgan fingerprint density at radius 3 is 1.46 bits per heavy atom. The van der Waals surface area contributed by atoms with Crippen LogP contribution in [-0.2, 0) is 0 Å². The van der Waals surface area contributed by atoms with Gasteiger partial charge in [-0.25, -0.2) is 4.98 Å². The molecule has 0 spiro atoms. The number of fused-ring (bicyclic) bond motifs is 4. The van der Waals surface area contributed by atoms with Gasteiger partial charge in [-0.2, -0.15) is 0 Å². The molecule has 0 aliphatic carbocycles. The van der Waals surface area contributed by atoms with Gasteiger partial charge in [0.1, 0.15) is 5.82 Å². The Morgan fingerprint density at radius 1 is 0.407 bits per heavy atom. The molecular formula is C56H40N2Si. The van der Waals surface area contributed by atoms with Crippen LogP contribution in [0.5, 0.6) is 0 Å². The molecule has 3 heteroatoms. The van der Waals surface area contributed by atoms with E-state index in [0.29, 0.717) is 0 Å². The summed E-state index contributed by atoms with van der Waals surface area (Å²) in [5.74, 6) is 0.938. The van der Waals surface area contributed by atoms with E-state index in [4.69, 9.17) is 4.98 Å². The van der Waals surface area contributed by atoms with E-state index in [1.54, 1.807) is 0 Å². The summed E-state index contributed by atoms with van der Waals surface area (Å²) in [5.41, 5.74) is 7.96. The molecule has 0 N–H and O–H groups in total. The molecule has 59 heavy (non-hydrogen) atoms. The summed E-state index contributed by atoms with van der Waals surface area (Å²) in [5, 5.41) is 13.0. The summed E-state index contributed by atoms with van der Waals surface area (Å²) >= 11 is 0. The standard InChI is InChI=1S/C56H40N2Si/c1-39-36-37-53-51(38-39)57-56(40-20-6-2-7-21-40)58(53)52-35-19-32-44-45(52)33-18-34-46(44)54-47-28-14-16-30-49(47)55(50-31-17-15-29-48(50)54)59(41-22-8-3-9-23-41,42-24-10-4-11-25-42)43-26-12-5-13-27-43/h2-38H,1H3. The molecule has 0 aliphatic rings. The van der Waals surface area contributed by atoms with Crippen molar-refractivity contribution in [3.8, 4) is 28.2 Å². The average molecular weight is 769 g/mol. The Hall–Kier alpha value is -7.33. The monoisotopic (exact) mass is 768 g/mol. The van der Waals surface area contributed by atoms with Gasteiger partial charge in [0, 0.05) is 10.9 Å². The molecule has 0 amide bonds. The first-order chi connectivity index (χ1) is 29.2. The molecule has 0 aliphatic heterocycles. The minimum atomic E-state index is -2.93. The topological polar surface area (TPSA) is 17.8 Å². The lowest BCUT2D eigenvalue weighted by atomic mass is 9.89. The summed E-state index contributed by atoms with van der Waals surface area (Å²) in [6.07, 6.45) is 0. The average Bonchev–Trinajstić information content (AvgIpc) is 3.68. The fourth-order valence-corrected chi connectivity index (χ4v) is 14.9. The van der Waals surface area contributed by atoms with Gasteiger partial charge in [0.25, 0.3) is 0 Å². The van der Waals surface area contributed by atoms with Crippen molar-refractivity contribution in [2.45, 2.75) is 6.92 Å². The molecular weight excluding hydrogens is 729 g/mol. The SMILES string of the molecule is Cc1ccc2c(c1)nc(-c1ccccc1)n2-c1cccc2c(-c3c4ccccc4c([Si](c4ccccc4)(c4ccccc4)c4ccccc4)c4ccccc34)cccc12. The predicted molar refractivity (Wildman–Crippen MR) is 253 cm³/mol. The minimum Gasteiger partial charge on any atom is -0.292 e. The van der Waals surface area contributed by atoms with Gasteiger partial charge in [-0.15, -0.1) is 0 Å². The molecule has 278 valence electrons. The van der Waals surface area contributed by atoms with Crippen molar-refractivity contribution in [1.29, 1.82) is 0 Å². The number of aryl methyl sites for hydroxylation is 1. The van der Waals surface area contributed by atoms with Crippen molar-refractivity contribution in [2.24, 2.45) is 0 Å². The van der Waals surface area contributed by atoms with Crippen molar-refractivity contribution in [3.63, 3.8) is 0 Å². The van der Waals surface area contributed by atoms with Gasteiger partial charge < -0.3 is 0 Å². The highest BCUT2D eigenvalue weighted by Gasteiger charge is 2.44. The van der Waals surface area contributed by atoms with E-state index in [1.165, 1.54) is 69.8 Å². The molecule has 2 nitrogen and oxygen atoms in total. The van der Waals surface area contributed by atoms with Crippen LogP contribution in [0.2, 0.25) is 0 Å². The Labute approximate surface area is 345 Å². The van der Waals surface area contributed by atoms with E-state index in [0.717, 1.165) is 28.1 Å². The summed E-state index contributed by atoms with van der Waals surface area (Å²) < 4.78 is 2.36. The van der Waals surface area contributed by atoms with E-state index in [2.05, 4.69) is 236 Å². The third kappa shape index (κ3) is 5.50. The first-order valence-corrected chi connectivity index (χ1v) is 22.4. The number of hydrogen-bond acceptors (Lipinski definition) is 1. The van der Waals surface area contributed by atoms with Crippen molar-refractivity contribution >= 4 is 72.2 Å². The molecule has 0 bridgehead atoms. The number of imidazole rings is 1. The van der Waals surface area contributed by atoms with Crippen LogP contribution in [0.4, 0.5) is 0 Å². The largest absolute Gasteiger partial charge is 0.292 e. The second kappa shape index (κ2) is 14.2. The smallest absolute Gasteiger partial charge is 0.180 e. The molecule has 0 saturated carbocycles. The summed E-state index contributed by atoms with van der Waals surface area (Å²) in [6.45, 7) is 2.14. The zero-order chi connectivity index (χ0) is 39.3. The maximum Gasteiger partial charge on any atom is 0.180 e. The van der Waals surface area contributed by atoms with Crippen LogP contribution in [0.1, 0.15) is 5.56 Å². The maximum absolute atomic E-state index is 5.26. The second-order valence-corrected chi connectivity index (χ2v) is 19.2. The lowest BCUT2D eigenvalue weighted by molar-refractivity contribution is 1.11. The molecule has 11 aromatic rings. The Bertz CT molecular complexity index is 3170. The van der Waals surface area contributed by atoms with Crippen LogP contribution in [-0.4, -0.2) is 17.6 Å². The van der Waals surface area contributed by atoms with E-state index >= 15 is 0 Å². The van der Waals surface area contributed by atoms with Crippen LogP contribution in [0, 0.1) is 6.92 Å². The highest BCUT2D eigenvalue weighted by Crippen LogP contribution is 2.42. The highest BCUT2D eigenvalue weighted by molar-refractivity contribution is 7.21. The fraction of sp³-hybridized carbons (Fsp3) is 0.0179. The van der Waals surface area contributed by atoms with Crippen molar-refractivity contribution < 1.29 is 0 Å². The zero-order valence-electron chi connectivity index (χ0n) is 32.8. The first kappa shape index (κ1) is 34.9. The van der Waals surface area contributed by atoms with E-state index in [1.807, 2.05) is 0 Å².